The smallest absolute Gasteiger partial charge is 0.319 e. The standard InChI is InChI=1S/C20H20N4O2/c1-13-11-18(25)24-19(21-13)16-9-6-10-17(12-16)23-20(26)22-14(2)15-7-4-3-5-8-15/h3-12,14H,1-2H3,(H,21,24,25)(H2,22,23,26)/t14-/m0/s1. The summed E-state index contributed by atoms with van der Waals surface area (Å²) >= 11 is 0. The third kappa shape index (κ3) is 4.36. The number of aromatic amines is 1. The number of nitrogens with one attached hydrogen (secondary N) is 3. The first kappa shape index (κ1) is 17.4. The summed E-state index contributed by atoms with van der Waals surface area (Å²) in [5, 5.41) is 5.71. The van der Waals surface area contributed by atoms with Crippen LogP contribution in [-0.4, -0.2) is 16.0 Å². The van der Waals surface area contributed by atoms with Crippen molar-refractivity contribution in [2.24, 2.45) is 0 Å². The third-order valence-electron chi connectivity index (χ3n) is 3.91. The molecule has 2 aromatic carbocycles. The van der Waals surface area contributed by atoms with Crippen LogP contribution in [0, 0.1) is 6.92 Å². The van der Waals surface area contributed by atoms with Crippen molar-refractivity contribution in [1.29, 1.82) is 0 Å². The lowest BCUT2D eigenvalue weighted by Crippen LogP contribution is -2.31. The van der Waals surface area contributed by atoms with Crippen LogP contribution < -0.4 is 16.2 Å². The average molecular weight is 348 g/mol. The molecule has 0 aliphatic rings. The average Bonchev–Trinajstić information content (AvgIpc) is 2.61. The number of amides is 2. The third-order valence-corrected chi connectivity index (χ3v) is 3.91. The van der Waals surface area contributed by atoms with E-state index in [0.29, 0.717) is 17.2 Å². The number of aryl methyl sites for hydroxylation is 1. The second-order valence-electron chi connectivity index (χ2n) is 6.05. The van der Waals surface area contributed by atoms with Gasteiger partial charge in [0, 0.05) is 23.0 Å². The number of aromatic nitrogens is 2. The van der Waals surface area contributed by atoms with Gasteiger partial charge in [0.15, 0.2) is 0 Å². The molecular formula is C20H20N4O2. The molecule has 6 heteroatoms. The van der Waals surface area contributed by atoms with E-state index in [-0.39, 0.29) is 17.6 Å². The van der Waals surface area contributed by atoms with Gasteiger partial charge in [0.25, 0.3) is 5.56 Å². The molecule has 132 valence electrons. The van der Waals surface area contributed by atoms with Gasteiger partial charge in [0.05, 0.1) is 6.04 Å². The van der Waals surface area contributed by atoms with Crippen molar-refractivity contribution in [3.8, 4) is 11.4 Å². The van der Waals surface area contributed by atoms with Crippen molar-refractivity contribution in [1.82, 2.24) is 15.3 Å². The lowest BCUT2D eigenvalue weighted by atomic mass is 10.1. The molecule has 1 heterocycles. The molecule has 3 rings (SSSR count). The molecule has 0 aliphatic carbocycles. The SMILES string of the molecule is Cc1cc(=O)[nH]c(-c2cccc(NC(=O)N[C@@H](C)c3ccccc3)c2)n1. The number of rotatable bonds is 4. The molecule has 3 N–H and O–H groups in total. The van der Waals surface area contributed by atoms with Gasteiger partial charge >= 0.3 is 6.03 Å². The number of anilines is 1. The topological polar surface area (TPSA) is 86.9 Å². The van der Waals surface area contributed by atoms with Gasteiger partial charge in [-0.25, -0.2) is 9.78 Å². The molecule has 6 nitrogen and oxygen atoms in total. The highest BCUT2D eigenvalue weighted by Crippen LogP contribution is 2.19. The predicted octanol–water partition coefficient (Wildman–Crippen LogP) is 3.63. The minimum Gasteiger partial charge on any atom is -0.331 e. The number of H-pyrrole nitrogens is 1. The fourth-order valence-corrected chi connectivity index (χ4v) is 2.65. The zero-order valence-corrected chi connectivity index (χ0v) is 14.6. The van der Waals surface area contributed by atoms with Crippen molar-refractivity contribution < 1.29 is 4.79 Å². The first-order valence-corrected chi connectivity index (χ1v) is 8.32. The Hall–Kier alpha value is -3.41. The summed E-state index contributed by atoms with van der Waals surface area (Å²) in [7, 11) is 0. The first-order chi connectivity index (χ1) is 12.5. The molecule has 0 spiro atoms. The lowest BCUT2D eigenvalue weighted by molar-refractivity contribution is 0.249. The van der Waals surface area contributed by atoms with Crippen LogP contribution in [0.5, 0.6) is 0 Å². The first-order valence-electron chi connectivity index (χ1n) is 8.32. The molecule has 3 aromatic rings. The van der Waals surface area contributed by atoms with Gasteiger partial charge in [0.1, 0.15) is 5.82 Å². The van der Waals surface area contributed by atoms with Gasteiger partial charge in [-0.15, -0.1) is 0 Å². The Morgan fingerprint density at radius 3 is 2.58 bits per heavy atom. The number of hydrogen-bond acceptors (Lipinski definition) is 3. The van der Waals surface area contributed by atoms with Crippen LogP contribution >= 0.6 is 0 Å². The summed E-state index contributed by atoms with van der Waals surface area (Å²) < 4.78 is 0. The normalized spacial score (nSPS) is 11.6. The molecule has 0 unspecified atom stereocenters. The van der Waals surface area contributed by atoms with Gasteiger partial charge in [-0.2, -0.15) is 0 Å². The van der Waals surface area contributed by atoms with Crippen molar-refractivity contribution in [2.75, 3.05) is 5.32 Å². The zero-order chi connectivity index (χ0) is 18.5. The number of benzene rings is 2. The van der Waals surface area contributed by atoms with Crippen LogP contribution in [-0.2, 0) is 0 Å². The van der Waals surface area contributed by atoms with Crippen molar-refractivity contribution in [3.05, 3.63) is 82.3 Å². The number of hydrogen-bond donors (Lipinski definition) is 3. The predicted molar refractivity (Wildman–Crippen MR) is 102 cm³/mol. The van der Waals surface area contributed by atoms with Crippen LogP contribution in [0.15, 0.2) is 65.5 Å². The number of urea groups is 1. The second kappa shape index (κ2) is 7.65. The maximum Gasteiger partial charge on any atom is 0.319 e. The Morgan fingerprint density at radius 2 is 1.85 bits per heavy atom. The number of carbonyl (C=O) groups excluding carboxylic acids is 1. The van der Waals surface area contributed by atoms with Crippen LogP contribution in [0.1, 0.15) is 24.2 Å². The van der Waals surface area contributed by atoms with E-state index in [0.717, 1.165) is 11.1 Å². The van der Waals surface area contributed by atoms with Gasteiger partial charge in [0.2, 0.25) is 0 Å². The minimum absolute atomic E-state index is 0.117. The molecule has 1 aromatic heterocycles. The van der Waals surface area contributed by atoms with E-state index in [1.54, 1.807) is 25.1 Å². The molecule has 1 atom stereocenters. The van der Waals surface area contributed by atoms with Gasteiger partial charge in [-0.05, 0) is 31.5 Å². The summed E-state index contributed by atoms with van der Waals surface area (Å²) in [5.41, 5.74) is 2.79. The Kier molecular flexibility index (Phi) is 5.12. The quantitative estimate of drug-likeness (QED) is 0.673. The highest BCUT2D eigenvalue weighted by atomic mass is 16.2. The lowest BCUT2D eigenvalue weighted by Gasteiger charge is -2.15. The van der Waals surface area contributed by atoms with E-state index < -0.39 is 0 Å². The van der Waals surface area contributed by atoms with E-state index in [4.69, 9.17) is 0 Å². The summed E-state index contributed by atoms with van der Waals surface area (Å²) in [6.07, 6.45) is 0. The summed E-state index contributed by atoms with van der Waals surface area (Å²) in [6, 6.07) is 17.9. The van der Waals surface area contributed by atoms with Crippen LogP contribution in [0.25, 0.3) is 11.4 Å². The second-order valence-corrected chi connectivity index (χ2v) is 6.05. The highest BCUT2D eigenvalue weighted by Gasteiger charge is 2.10. The highest BCUT2D eigenvalue weighted by molar-refractivity contribution is 5.90. The van der Waals surface area contributed by atoms with E-state index in [9.17, 15) is 9.59 Å². The van der Waals surface area contributed by atoms with Gasteiger partial charge in [-0.1, -0.05) is 42.5 Å². The molecule has 0 saturated heterocycles. The van der Waals surface area contributed by atoms with Crippen LogP contribution in [0.3, 0.4) is 0 Å². The Labute approximate surface area is 151 Å². The fraction of sp³-hybridized carbons (Fsp3) is 0.150. The Balaban J connectivity index is 1.72. The Morgan fingerprint density at radius 1 is 1.08 bits per heavy atom. The molecular weight excluding hydrogens is 328 g/mol. The van der Waals surface area contributed by atoms with Crippen molar-refractivity contribution in [2.45, 2.75) is 19.9 Å². The van der Waals surface area contributed by atoms with Crippen molar-refractivity contribution in [3.63, 3.8) is 0 Å². The monoisotopic (exact) mass is 348 g/mol. The summed E-state index contributed by atoms with van der Waals surface area (Å²) in [4.78, 5) is 30.9. The molecule has 0 radical (unpaired) electrons. The summed E-state index contributed by atoms with van der Waals surface area (Å²) in [5.74, 6) is 0.469. The van der Waals surface area contributed by atoms with E-state index in [1.807, 2.05) is 43.3 Å². The molecule has 2 amide bonds. The number of nitrogens with zero attached hydrogens (tertiary/aromatic N) is 1. The maximum absolute atomic E-state index is 12.3. The minimum atomic E-state index is -0.302. The fourth-order valence-electron chi connectivity index (χ4n) is 2.65. The molecule has 0 saturated carbocycles. The van der Waals surface area contributed by atoms with E-state index in [1.165, 1.54) is 6.07 Å². The summed E-state index contributed by atoms with van der Waals surface area (Å²) in [6.45, 7) is 3.69. The zero-order valence-electron chi connectivity index (χ0n) is 14.6. The van der Waals surface area contributed by atoms with Gasteiger partial charge < -0.3 is 15.6 Å². The molecule has 0 fully saturated rings. The van der Waals surface area contributed by atoms with E-state index in [2.05, 4.69) is 20.6 Å². The molecule has 0 aliphatic heterocycles. The van der Waals surface area contributed by atoms with Crippen LogP contribution in [0.2, 0.25) is 0 Å². The maximum atomic E-state index is 12.3. The number of carbonyl (C=O) groups is 1. The Bertz CT molecular complexity index is 967. The largest absolute Gasteiger partial charge is 0.331 e. The molecule has 0 bridgehead atoms. The van der Waals surface area contributed by atoms with Gasteiger partial charge in [-0.3, -0.25) is 4.79 Å². The van der Waals surface area contributed by atoms with Crippen molar-refractivity contribution >= 4 is 11.7 Å². The van der Waals surface area contributed by atoms with E-state index >= 15 is 0 Å². The van der Waals surface area contributed by atoms with Crippen LogP contribution in [0.4, 0.5) is 10.5 Å². The molecule has 26 heavy (non-hydrogen) atoms.